The zero-order chi connectivity index (χ0) is 22.1. The Morgan fingerprint density at radius 3 is 2.26 bits per heavy atom. The molecule has 0 radical (unpaired) electrons. The van der Waals surface area contributed by atoms with Gasteiger partial charge in [0, 0.05) is 11.8 Å². The van der Waals surface area contributed by atoms with Crippen molar-refractivity contribution in [3.63, 3.8) is 0 Å². The van der Waals surface area contributed by atoms with Crippen LogP contribution in [0.3, 0.4) is 0 Å². The first-order valence-electron chi connectivity index (χ1n) is 9.79. The first-order valence-corrected chi connectivity index (χ1v) is 9.79. The van der Waals surface area contributed by atoms with Crippen molar-refractivity contribution in [3.05, 3.63) is 106 Å². The number of carbonyl (C=O) groups excluding carboxylic acids is 2. The predicted molar refractivity (Wildman–Crippen MR) is 115 cm³/mol. The molecule has 0 atom stereocenters. The van der Waals surface area contributed by atoms with Crippen LogP contribution in [0.1, 0.15) is 22.3 Å². The fourth-order valence-electron chi connectivity index (χ4n) is 3.66. The number of anilines is 1. The lowest BCUT2D eigenvalue weighted by Gasteiger charge is -2.15. The Hall–Kier alpha value is -3.80. The summed E-state index contributed by atoms with van der Waals surface area (Å²) in [6.07, 6.45) is 0. The van der Waals surface area contributed by atoms with Crippen molar-refractivity contribution >= 4 is 23.1 Å². The average molecular weight is 418 g/mol. The molecule has 0 unspecified atom stereocenters. The van der Waals surface area contributed by atoms with Gasteiger partial charge in [0.05, 0.1) is 12.1 Å². The zero-order valence-corrected chi connectivity index (χ0v) is 17.1. The van der Waals surface area contributed by atoms with Crippen molar-refractivity contribution in [1.29, 1.82) is 0 Å². The number of benzene rings is 3. The van der Waals surface area contributed by atoms with Gasteiger partial charge in [0.25, 0.3) is 11.8 Å². The first-order chi connectivity index (χ1) is 14.8. The summed E-state index contributed by atoms with van der Waals surface area (Å²) in [6.45, 7) is 3.91. The highest BCUT2D eigenvalue weighted by Gasteiger charge is 2.39. The van der Waals surface area contributed by atoms with E-state index in [4.69, 9.17) is 0 Å². The Morgan fingerprint density at radius 1 is 0.839 bits per heavy atom. The minimum atomic E-state index is -1.04. The van der Waals surface area contributed by atoms with Crippen molar-refractivity contribution < 1.29 is 18.4 Å². The van der Waals surface area contributed by atoms with Gasteiger partial charge >= 0.3 is 0 Å². The van der Waals surface area contributed by atoms with Gasteiger partial charge < -0.3 is 5.32 Å². The van der Waals surface area contributed by atoms with Crippen LogP contribution in [0.2, 0.25) is 0 Å². The van der Waals surface area contributed by atoms with Crippen molar-refractivity contribution in [1.82, 2.24) is 4.90 Å². The predicted octanol–water partition coefficient (Wildman–Crippen LogP) is 4.97. The molecular weight excluding hydrogens is 398 g/mol. The van der Waals surface area contributed by atoms with E-state index in [1.807, 2.05) is 56.3 Å². The fraction of sp³-hybridized carbons (Fsp3) is 0.120. The van der Waals surface area contributed by atoms with Crippen molar-refractivity contribution in [2.75, 3.05) is 5.32 Å². The van der Waals surface area contributed by atoms with E-state index in [0.29, 0.717) is 5.56 Å². The molecule has 0 bridgehead atoms. The number of hydrogen-bond acceptors (Lipinski definition) is 3. The highest BCUT2D eigenvalue weighted by Crippen LogP contribution is 2.33. The molecule has 1 heterocycles. The number of amides is 2. The van der Waals surface area contributed by atoms with E-state index in [2.05, 4.69) is 5.32 Å². The van der Waals surface area contributed by atoms with E-state index in [1.165, 1.54) is 6.07 Å². The number of halogens is 2. The van der Waals surface area contributed by atoms with E-state index in [1.54, 1.807) is 6.07 Å². The number of aryl methyl sites for hydroxylation is 2. The number of rotatable bonds is 5. The molecule has 156 valence electrons. The van der Waals surface area contributed by atoms with Crippen LogP contribution >= 0.6 is 0 Å². The Balaban J connectivity index is 1.79. The normalized spacial score (nSPS) is 13.9. The van der Waals surface area contributed by atoms with Gasteiger partial charge in [-0.1, -0.05) is 54.1 Å². The molecule has 4 nitrogen and oxygen atoms in total. The third kappa shape index (κ3) is 3.97. The zero-order valence-electron chi connectivity index (χ0n) is 17.1. The number of hydrogen-bond donors (Lipinski definition) is 1. The summed E-state index contributed by atoms with van der Waals surface area (Å²) >= 11 is 0. The summed E-state index contributed by atoms with van der Waals surface area (Å²) in [5.74, 6) is -3.00. The number of imide groups is 1. The third-order valence-electron chi connectivity index (χ3n) is 5.19. The van der Waals surface area contributed by atoms with Gasteiger partial charge in [0.2, 0.25) is 0 Å². The lowest BCUT2D eigenvalue weighted by Crippen LogP contribution is -2.32. The van der Waals surface area contributed by atoms with Crippen LogP contribution in [-0.4, -0.2) is 16.7 Å². The molecule has 1 aliphatic heterocycles. The van der Waals surface area contributed by atoms with Crippen LogP contribution in [0.15, 0.2) is 72.4 Å². The molecule has 0 fully saturated rings. The molecule has 2 amide bonds. The maximum Gasteiger partial charge on any atom is 0.278 e. The molecule has 1 aliphatic rings. The standard InChI is InChI=1S/C25H20F2N2O2/c1-15-8-10-19(16(2)12-15)22-23(28-18-9-11-20(26)21(27)13-18)25(31)29(24(22)30)14-17-6-4-3-5-7-17/h3-13,28H,14H2,1-2H3. The Kier molecular flexibility index (Phi) is 5.38. The van der Waals surface area contributed by atoms with Gasteiger partial charge in [-0.2, -0.15) is 0 Å². The summed E-state index contributed by atoms with van der Waals surface area (Å²) in [5, 5.41) is 2.86. The molecule has 0 spiro atoms. The summed E-state index contributed by atoms with van der Waals surface area (Å²) < 4.78 is 27.1. The average Bonchev–Trinajstić information content (AvgIpc) is 2.96. The Bertz CT molecular complexity index is 1220. The highest BCUT2D eigenvalue weighted by atomic mass is 19.2. The largest absolute Gasteiger partial charge is 0.350 e. The number of nitrogens with zero attached hydrogens (tertiary/aromatic N) is 1. The minimum Gasteiger partial charge on any atom is -0.350 e. The van der Waals surface area contributed by atoms with Gasteiger partial charge in [-0.3, -0.25) is 14.5 Å². The quantitative estimate of drug-likeness (QED) is 0.595. The maximum atomic E-state index is 13.7. The van der Waals surface area contributed by atoms with Crippen molar-refractivity contribution in [3.8, 4) is 0 Å². The Labute approximate surface area is 178 Å². The molecular formula is C25H20F2N2O2. The molecule has 3 aromatic carbocycles. The second kappa shape index (κ2) is 8.14. The molecule has 0 aromatic heterocycles. The van der Waals surface area contributed by atoms with Gasteiger partial charge in [-0.05, 0) is 42.7 Å². The summed E-state index contributed by atoms with van der Waals surface area (Å²) in [6, 6.07) is 18.0. The molecule has 1 N–H and O–H groups in total. The van der Waals surface area contributed by atoms with Crippen molar-refractivity contribution in [2.45, 2.75) is 20.4 Å². The summed E-state index contributed by atoms with van der Waals surface area (Å²) in [4.78, 5) is 27.8. The minimum absolute atomic E-state index is 0.0406. The van der Waals surface area contributed by atoms with Crippen LogP contribution in [0.5, 0.6) is 0 Å². The molecule has 3 aromatic rings. The van der Waals surface area contributed by atoms with E-state index < -0.39 is 23.4 Å². The molecule has 4 rings (SSSR count). The van der Waals surface area contributed by atoms with Gasteiger partial charge in [-0.15, -0.1) is 0 Å². The SMILES string of the molecule is Cc1ccc(C2=C(Nc3ccc(F)c(F)c3)C(=O)N(Cc3ccccc3)C2=O)c(C)c1. The maximum absolute atomic E-state index is 13.7. The molecule has 0 saturated heterocycles. The topological polar surface area (TPSA) is 49.4 Å². The van der Waals surface area contributed by atoms with Gasteiger partial charge in [0.1, 0.15) is 5.70 Å². The number of carbonyl (C=O) groups is 2. The van der Waals surface area contributed by atoms with Crippen molar-refractivity contribution in [2.24, 2.45) is 0 Å². The smallest absolute Gasteiger partial charge is 0.278 e. The fourth-order valence-corrected chi connectivity index (χ4v) is 3.66. The van der Waals surface area contributed by atoms with E-state index in [-0.39, 0.29) is 23.5 Å². The van der Waals surface area contributed by atoms with Gasteiger partial charge in [0.15, 0.2) is 11.6 Å². The summed E-state index contributed by atoms with van der Waals surface area (Å²) in [7, 11) is 0. The van der Waals surface area contributed by atoms with Crippen LogP contribution in [0.4, 0.5) is 14.5 Å². The summed E-state index contributed by atoms with van der Waals surface area (Å²) in [5.41, 5.74) is 3.71. The molecule has 6 heteroatoms. The lowest BCUT2D eigenvalue weighted by atomic mass is 9.97. The molecule has 31 heavy (non-hydrogen) atoms. The second-order valence-electron chi connectivity index (χ2n) is 7.50. The molecule has 0 saturated carbocycles. The third-order valence-corrected chi connectivity index (χ3v) is 5.19. The monoisotopic (exact) mass is 418 g/mol. The van der Waals surface area contributed by atoms with Crippen LogP contribution in [0, 0.1) is 25.5 Å². The van der Waals surface area contributed by atoms with Crippen LogP contribution in [0.25, 0.3) is 5.57 Å². The Morgan fingerprint density at radius 2 is 1.58 bits per heavy atom. The molecule has 0 aliphatic carbocycles. The second-order valence-corrected chi connectivity index (χ2v) is 7.50. The van der Waals surface area contributed by atoms with E-state index in [0.717, 1.165) is 33.7 Å². The van der Waals surface area contributed by atoms with Crippen LogP contribution in [-0.2, 0) is 16.1 Å². The van der Waals surface area contributed by atoms with E-state index >= 15 is 0 Å². The highest BCUT2D eigenvalue weighted by molar-refractivity contribution is 6.36. The number of nitrogens with one attached hydrogen (secondary N) is 1. The van der Waals surface area contributed by atoms with Gasteiger partial charge in [-0.25, -0.2) is 8.78 Å². The van der Waals surface area contributed by atoms with E-state index in [9.17, 15) is 18.4 Å². The first kappa shape index (κ1) is 20.5. The van der Waals surface area contributed by atoms with Crippen LogP contribution < -0.4 is 5.32 Å². The lowest BCUT2D eigenvalue weighted by molar-refractivity contribution is -0.137.